The Kier molecular flexibility index (Phi) is 3.08. The van der Waals surface area contributed by atoms with Gasteiger partial charge in [-0.15, -0.1) is 0 Å². The molecule has 0 fully saturated rings. The quantitative estimate of drug-likeness (QED) is 0.749. The lowest BCUT2D eigenvalue weighted by Gasteiger charge is -2.10. The van der Waals surface area contributed by atoms with Crippen LogP contribution in [0.4, 0.5) is 13.2 Å². The van der Waals surface area contributed by atoms with Crippen molar-refractivity contribution in [3.8, 4) is 16.9 Å². The van der Waals surface area contributed by atoms with Gasteiger partial charge in [-0.2, -0.15) is 18.3 Å². The van der Waals surface area contributed by atoms with Crippen LogP contribution in [0.2, 0.25) is 0 Å². The molecule has 0 amide bonds. The first-order valence-corrected chi connectivity index (χ1v) is 6.24. The van der Waals surface area contributed by atoms with Crippen LogP contribution in [0.1, 0.15) is 5.56 Å². The number of aromatic amines is 1. The maximum absolute atomic E-state index is 12.3. The minimum Gasteiger partial charge on any atom is -0.507 e. The van der Waals surface area contributed by atoms with Gasteiger partial charge in [0.2, 0.25) is 0 Å². The summed E-state index contributed by atoms with van der Waals surface area (Å²) in [7, 11) is 0. The fraction of sp³-hybridized carbons (Fsp3) is 0.133. The summed E-state index contributed by atoms with van der Waals surface area (Å²) < 4.78 is 37.0. The molecule has 2 aromatic carbocycles. The predicted molar refractivity (Wildman–Crippen MR) is 73.0 cm³/mol. The van der Waals surface area contributed by atoms with Crippen molar-refractivity contribution in [2.24, 2.45) is 0 Å². The third kappa shape index (κ3) is 2.84. The molecule has 3 nitrogen and oxygen atoms in total. The number of H-pyrrole nitrogens is 1. The van der Waals surface area contributed by atoms with E-state index in [-0.39, 0.29) is 11.3 Å². The number of nitrogens with zero attached hydrogens (tertiary/aromatic N) is 1. The van der Waals surface area contributed by atoms with Crippen LogP contribution < -0.4 is 0 Å². The van der Waals surface area contributed by atoms with Gasteiger partial charge in [-0.1, -0.05) is 24.3 Å². The van der Waals surface area contributed by atoms with Crippen LogP contribution in [-0.2, 0) is 6.42 Å². The minimum absolute atomic E-state index is 0.0337. The van der Waals surface area contributed by atoms with Crippen LogP contribution >= 0.6 is 0 Å². The average molecular weight is 292 g/mol. The second-order valence-corrected chi connectivity index (χ2v) is 4.82. The van der Waals surface area contributed by atoms with Gasteiger partial charge in [-0.05, 0) is 23.3 Å². The summed E-state index contributed by atoms with van der Waals surface area (Å²) in [6.45, 7) is 0. The monoisotopic (exact) mass is 292 g/mol. The average Bonchev–Trinajstić information content (AvgIpc) is 2.84. The third-order valence-corrected chi connectivity index (χ3v) is 3.22. The van der Waals surface area contributed by atoms with Crippen LogP contribution in [-0.4, -0.2) is 21.5 Å². The number of alkyl halides is 3. The van der Waals surface area contributed by atoms with Crippen LogP contribution in [0.15, 0.2) is 42.6 Å². The van der Waals surface area contributed by atoms with Gasteiger partial charge in [0.15, 0.2) is 0 Å². The van der Waals surface area contributed by atoms with Crippen molar-refractivity contribution in [1.82, 2.24) is 10.2 Å². The van der Waals surface area contributed by atoms with E-state index in [4.69, 9.17) is 0 Å². The molecule has 6 heteroatoms. The molecule has 1 heterocycles. The summed E-state index contributed by atoms with van der Waals surface area (Å²) >= 11 is 0. The molecule has 0 spiro atoms. The number of nitrogens with one attached hydrogen (secondary N) is 1. The lowest BCUT2D eigenvalue weighted by atomic mass is 10.0. The maximum Gasteiger partial charge on any atom is 0.393 e. The molecular formula is C15H11F3N2O. The standard InChI is InChI=1S/C15H11F3N2O/c16-15(17,18)7-9-1-4-12(14(21)5-9)10-2-3-11-8-19-20-13(11)6-10/h1-6,8,21H,7H2,(H,19,20). The predicted octanol–water partition coefficient (Wildman–Crippen LogP) is 4.04. The molecule has 0 radical (unpaired) electrons. The Morgan fingerprint density at radius 3 is 2.62 bits per heavy atom. The summed E-state index contributed by atoms with van der Waals surface area (Å²) in [5, 5.41) is 17.6. The highest BCUT2D eigenvalue weighted by Gasteiger charge is 2.27. The van der Waals surface area contributed by atoms with E-state index in [9.17, 15) is 18.3 Å². The number of phenols is 1. The molecule has 0 aliphatic rings. The molecule has 3 aromatic rings. The molecule has 3 rings (SSSR count). The molecule has 21 heavy (non-hydrogen) atoms. The van der Waals surface area contributed by atoms with Gasteiger partial charge in [0, 0.05) is 10.9 Å². The minimum atomic E-state index is -4.29. The molecule has 0 unspecified atom stereocenters. The normalized spacial score (nSPS) is 12.0. The van der Waals surface area contributed by atoms with E-state index in [0.717, 1.165) is 17.0 Å². The van der Waals surface area contributed by atoms with Gasteiger partial charge in [-0.25, -0.2) is 0 Å². The zero-order chi connectivity index (χ0) is 15.0. The number of rotatable bonds is 2. The van der Waals surface area contributed by atoms with Crippen molar-refractivity contribution < 1.29 is 18.3 Å². The number of hydrogen-bond donors (Lipinski definition) is 2. The Balaban J connectivity index is 1.98. The number of halogens is 3. The number of hydrogen-bond acceptors (Lipinski definition) is 2. The van der Waals surface area contributed by atoms with Crippen molar-refractivity contribution in [3.05, 3.63) is 48.2 Å². The number of fused-ring (bicyclic) bond motifs is 1. The first kappa shape index (κ1) is 13.5. The number of aromatic nitrogens is 2. The van der Waals surface area contributed by atoms with E-state index in [2.05, 4.69) is 10.2 Å². The molecule has 0 atom stereocenters. The molecule has 2 N–H and O–H groups in total. The smallest absolute Gasteiger partial charge is 0.393 e. The summed E-state index contributed by atoms with van der Waals surface area (Å²) in [5.41, 5.74) is 2.03. The van der Waals surface area contributed by atoms with Crippen molar-refractivity contribution in [2.45, 2.75) is 12.6 Å². The van der Waals surface area contributed by atoms with Gasteiger partial charge in [0.05, 0.1) is 18.1 Å². The maximum atomic E-state index is 12.3. The van der Waals surface area contributed by atoms with E-state index in [1.165, 1.54) is 12.1 Å². The van der Waals surface area contributed by atoms with Gasteiger partial charge in [-0.3, -0.25) is 5.10 Å². The van der Waals surface area contributed by atoms with Gasteiger partial charge < -0.3 is 5.11 Å². The highest BCUT2D eigenvalue weighted by atomic mass is 19.4. The Hall–Kier alpha value is -2.50. The second-order valence-electron chi connectivity index (χ2n) is 4.82. The first-order chi connectivity index (χ1) is 9.92. The molecule has 0 bridgehead atoms. The summed E-state index contributed by atoms with van der Waals surface area (Å²) in [4.78, 5) is 0. The van der Waals surface area contributed by atoms with E-state index < -0.39 is 12.6 Å². The van der Waals surface area contributed by atoms with Crippen LogP contribution in [0.3, 0.4) is 0 Å². The van der Waals surface area contributed by atoms with E-state index in [1.807, 2.05) is 6.07 Å². The van der Waals surface area contributed by atoms with Gasteiger partial charge in [0.1, 0.15) is 5.75 Å². The molecule has 0 aliphatic carbocycles. The number of phenolic OH excluding ortho intramolecular Hbond substituents is 1. The Morgan fingerprint density at radius 2 is 1.90 bits per heavy atom. The fourth-order valence-corrected chi connectivity index (χ4v) is 2.27. The van der Waals surface area contributed by atoms with Gasteiger partial charge in [0.25, 0.3) is 0 Å². The molecular weight excluding hydrogens is 281 g/mol. The summed E-state index contributed by atoms with van der Waals surface area (Å²) in [5.74, 6) is -0.171. The number of aromatic hydroxyl groups is 1. The van der Waals surface area contributed by atoms with Crippen molar-refractivity contribution in [1.29, 1.82) is 0 Å². The second kappa shape index (κ2) is 4.80. The van der Waals surface area contributed by atoms with E-state index in [1.54, 1.807) is 18.3 Å². The Bertz CT molecular complexity index is 793. The van der Waals surface area contributed by atoms with Crippen molar-refractivity contribution in [2.75, 3.05) is 0 Å². The van der Waals surface area contributed by atoms with E-state index >= 15 is 0 Å². The molecule has 0 aliphatic heterocycles. The topological polar surface area (TPSA) is 48.9 Å². The van der Waals surface area contributed by atoms with Crippen molar-refractivity contribution >= 4 is 10.9 Å². The fourth-order valence-electron chi connectivity index (χ4n) is 2.27. The van der Waals surface area contributed by atoms with Crippen LogP contribution in [0.25, 0.3) is 22.0 Å². The summed E-state index contributed by atoms with van der Waals surface area (Å²) in [6.07, 6.45) is -3.67. The highest BCUT2D eigenvalue weighted by Crippen LogP contribution is 2.33. The third-order valence-electron chi connectivity index (χ3n) is 3.22. The van der Waals surface area contributed by atoms with Crippen molar-refractivity contribution in [3.63, 3.8) is 0 Å². The SMILES string of the molecule is Oc1cc(CC(F)(F)F)ccc1-c1ccc2cn[nH]c2c1. The summed E-state index contributed by atoms with van der Waals surface area (Å²) in [6, 6.07) is 9.43. The zero-order valence-electron chi connectivity index (χ0n) is 10.8. The van der Waals surface area contributed by atoms with Crippen LogP contribution in [0.5, 0.6) is 5.75 Å². The Morgan fingerprint density at radius 1 is 1.10 bits per heavy atom. The highest BCUT2D eigenvalue weighted by molar-refractivity contribution is 5.85. The molecule has 108 valence electrons. The molecule has 0 saturated heterocycles. The zero-order valence-corrected chi connectivity index (χ0v) is 10.8. The van der Waals surface area contributed by atoms with Gasteiger partial charge >= 0.3 is 6.18 Å². The lowest BCUT2D eigenvalue weighted by molar-refractivity contribution is -0.127. The lowest BCUT2D eigenvalue weighted by Crippen LogP contribution is -2.11. The van der Waals surface area contributed by atoms with Crippen LogP contribution in [0, 0.1) is 0 Å². The molecule has 0 saturated carbocycles. The first-order valence-electron chi connectivity index (χ1n) is 6.24. The van der Waals surface area contributed by atoms with E-state index in [0.29, 0.717) is 11.1 Å². The largest absolute Gasteiger partial charge is 0.507 e. The molecule has 1 aromatic heterocycles. The number of benzene rings is 2. The Labute approximate surface area is 118 Å².